The lowest BCUT2D eigenvalue weighted by atomic mass is 10.0. The molecule has 4 rings (SSSR count). The van der Waals surface area contributed by atoms with Gasteiger partial charge in [0, 0.05) is 35.8 Å². The molecule has 0 aliphatic rings. The third kappa shape index (κ3) is 3.85. The first-order chi connectivity index (χ1) is 13.9. The normalized spacial score (nSPS) is 12.2. The first-order valence-corrected chi connectivity index (χ1v) is 9.06. The lowest BCUT2D eigenvalue weighted by molar-refractivity contribution is -0.121. The molecule has 2 aromatic heterocycles. The van der Waals surface area contributed by atoms with Crippen molar-refractivity contribution in [2.24, 2.45) is 0 Å². The van der Waals surface area contributed by atoms with Crippen molar-refractivity contribution in [3.63, 3.8) is 0 Å². The van der Waals surface area contributed by atoms with Gasteiger partial charge < -0.3 is 4.98 Å². The van der Waals surface area contributed by atoms with Gasteiger partial charge in [-0.05, 0) is 48.2 Å². The molecule has 0 aliphatic carbocycles. The first-order valence-electron chi connectivity index (χ1n) is 9.06. The van der Waals surface area contributed by atoms with Crippen LogP contribution in [0.3, 0.4) is 0 Å². The monoisotopic (exact) mass is 393 g/mol. The fourth-order valence-electron chi connectivity index (χ4n) is 3.26. The highest BCUT2D eigenvalue weighted by Gasteiger charge is 2.19. The van der Waals surface area contributed by atoms with Crippen molar-refractivity contribution in [1.82, 2.24) is 14.8 Å². The van der Waals surface area contributed by atoms with E-state index in [0.717, 1.165) is 39.3 Å². The Morgan fingerprint density at radius 1 is 1.07 bits per heavy atom. The van der Waals surface area contributed by atoms with E-state index in [1.165, 1.54) is 6.07 Å². The predicted octanol–water partition coefficient (Wildman–Crippen LogP) is 4.04. The van der Waals surface area contributed by atoms with Crippen LogP contribution in [0.15, 0.2) is 65.6 Å². The zero-order chi connectivity index (χ0) is 20.5. The van der Waals surface area contributed by atoms with E-state index in [1.54, 1.807) is 13.0 Å². The smallest absolute Gasteiger partial charge is 0.267 e. The Kier molecular flexibility index (Phi) is 4.80. The number of hydrogen-bond acceptors (Lipinski definition) is 3. The minimum absolute atomic E-state index is 0.206. The summed E-state index contributed by atoms with van der Waals surface area (Å²) in [6.45, 7) is 1.55. The number of carbonyl (C=O) groups excluding carboxylic acids is 1. The summed E-state index contributed by atoms with van der Waals surface area (Å²) in [6, 6.07) is 12.7. The van der Waals surface area contributed by atoms with Crippen molar-refractivity contribution in [2.45, 2.75) is 19.4 Å². The SMILES string of the molecule is CC(C(=O)Cc1cc(F)cc(F)c1)n1nc(-c2ccc3cc[nH]c3c2)ccc1=O. The average molecular weight is 393 g/mol. The van der Waals surface area contributed by atoms with Crippen LogP contribution >= 0.6 is 0 Å². The van der Waals surface area contributed by atoms with Crippen molar-refractivity contribution in [3.05, 3.63) is 88.3 Å². The van der Waals surface area contributed by atoms with Crippen LogP contribution in [0.1, 0.15) is 18.5 Å². The number of H-pyrrole nitrogens is 1. The van der Waals surface area contributed by atoms with Crippen molar-refractivity contribution in [1.29, 1.82) is 0 Å². The molecule has 0 spiro atoms. The van der Waals surface area contributed by atoms with Gasteiger partial charge in [0.1, 0.15) is 17.7 Å². The number of Topliss-reactive ketones (excluding diaryl/α,β-unsaturated/α-hetero) is 1. The van der Waals surface area contributed by atoms with Gasteiger partial charge in [-0.2, -0.15) is 5.10 Å². The molecule has 1 N–H and O–H groups in total. The maximum Gasteiger partial charge on any atom is 0.267 e. The Hall–Kier alpha value is -3.61. The number of aromatic amines is 1. The summed E-state index contributed by atoms with van der Waals surface area (Å²) in [5.74, 6) is -1.88. The quantitative estimate of drug-likeness (QED) is 0.556. The van der Waals surface area contributed by atoms with E-state index in [4.69, 9.17) is 0 Å². The van der Waals surface area contributed by atoms with Crippen LogP contribution in [0, 0.1) is 11.6 Å². The zero-order valence-electron chi connectivity index (χ0n) is 15.5. The maximum absolute atomic E-state index is 13.4. The molecule has 5 nitrogen and oxygen atoms in total. The van der Waals surface area contributed by atoms with Gasteiger partial charge in [-0.25, -0.2) is 13.5 Å². The van der Waals surface area contributed by atoms with Crippen LogP contribution in [0.2, 0.25) is 0 Å². The van der Waals surface area contributed by atoms with Gasteiger partial charge in [0.05, 0.1) is 5.69 Å². The Bertz CT molecular complexity index is 1260. The number of rotatable bonds is 5. The lowest BCUT2D eigenvalue weighted by Gasteiger charge is -2.14. The molecule has 146 valence electrons. The lowest BCUT2D eigenvalue weighted by Crippen LogP contribution is -2.30. The Morgan fingerprint density at radius 2 is 1.83 bits per heavy atom. The Balaban J connectivity index is 1.64. The second-order valence-corrected chi connectivity index (χ2v) is 6.88. The summed E-state index contributed by atoms with van der Waals surface area (Å²) in [7, 11) is 0. The van der Waals surface area contributed by atoms with Crippen LogP contribution in [0.5, 0.6) is 0 Å². The molecule has 0 saturated carbocycles. The Morgan fingerprint density at radius 3 is 2.59 bits per heavy atom. The highest BCUT2D eigenvalue weighted by atomic mass is 19.1. The molecule has 0 saturated heterocycles. The minimum atomic E-state index is -0.886. The summed E-state index contributed by atoms with van der Waals surface area (Å²) in [6.07, 6.45) is 1.63. The van der Waals surface area contributed by atoms with Gasteiger partial charge in [0.15, 0.2) is 5.78 Å². The van der Waals surface area contributed by atoms with E-state index in [2.05, 4.69) is 10.1 Å². The molecule has 7 heteroatoms. The maximum atomic E-state index is 13.4. The van der Waals surface area contributed by atoms with Crippen LogP contribution in [-0.2, 0) is 11.2 Å². The molecule has 0 fully saturated rings. The van der Waals surface area contributed by atoms with E-state index in [9.17, 15) is 18.4 Å². The van der Waals surface area contributed by atoms with E-state index in [-0.39, 0.29) is 17.8 Å². The number of benzene rings is 2. The predicted molar refractivity (Wildman–Crippen MR) is 106 cm³/mol. The molecule has 1 unspecified atom stereocenters. The third-order valence-electron chi connectivity index (χ3n) is 4.81. The van der Waals surface area contributed by atoms with Crippen LogP contribution in [0.25, 0.3) is 22.2 Å². The van der Waals surface area contributed by atoms with Crippen molar-refractivity contribution in [2.75, 3.05) is 0 Å². The third-order valence-corrected chi connectivity index (χ3v) is 4.81. The van der Waals surface area contributed by atoms with Crippen molar-refractivity contribution in [3.8, 4) is 11.3 Å². The van der Waals surface area contributed by atoms with E-state index in [0.29, 0.717) is 5.69 Å². The molecule has 1 atom stereocenters. The first kappa shape index (κ1) is 18.7. The largest absolute Gasteiger partial charge is 0.361 e. The number of fused-ring (bicyclic) bond motifs is 1. The number of carbonyl (C=O) groups is 1. The molecule has 29 heavy (non-hydrogen) atoms. The van der Waals surface area contributed by atoms with Gasteiger partial charge in [0.25, 0.3) is 5.56 Å². The summed E-state index contributed by atoms with van der Waals surface area (Å²) in [5, 5.41) is 5.40. The number of nitrogens with one attached hydrogen (secondary N) is 1. The van der Waals surface area contributed by atoms with Gasteiger partial charge in [-0.15, -0.1) is 0 Å². The number of halogens is 2. The number of nitrogens with zero attached hydrogens (tertiary/aromatic N) is 2. The molecule has 0 bridgehead atoms. The van der Waals surface area contributed by atoms with Crippen molar-refractivity contribution < 1.29 is 13.6 Å². The van der Waals surface area contributed by atoms with Crippen molar-refractivity contribution >= 4 is 16.7 Å². The second kappa shape index (κ2) is 7.43. The topological polar surface area (TPSA) is 67.8 Å². The Labute approximate surface area is 164 Å². The second-order valence-electron chi connectivity index (χ2n) is 6.88. The summed E-state index contributed by atoms with van der Waals surface area (Å²) in [4.78, 5) is 28.0. The fourth-order valence-corrected chi connectivity index (χ4v) is 3.26. The summed E-state index contributed by atoms with van der Waals surface area (Å²) in [5.41, 5.74) is 2.04. The standard InChI is InChI=1S/C22H17F2N3O2/c1-13(21(28)10-14-8-17(23)12-18(24)9-14)27-22(29)5-4-19(26-27)16-3-2-15-6-7-25-20(15)11-16/h2-9,11-13,25H,10H2,1H3. The van der Waals surface area contributed by atoms with E-state index in [1.807, 2.05) is 30.5 Å². The number of aromatic nitrogens is 3. The molecule has 4 aromatic rings. The molecule has 2 aromatic carbocycles. The summed E-state index contributed by atoms with van der Waals surface area (Å²) >= 11 is 0. The molecular formula is C22H17F2N3O2. The van der Waals surface area contributed by atoms with Crippen LogP contribution in [-0.4, -0.2) is 20.5 Å². The summed E-state index contributed by atoms with van der Waals surface area (Å²) < 4.78 is 27.9. The van der Waals surface area contributed by atoms with E-state index < -0.39 is 23.2 Å². The fraction of sp³-hybridized carbons (Fsp3) is 0.136. The van der Waals surface area contributed by atoms with E-state index >= 15 is 0 Å². The molecule has 2 heterocycles. The highest BCUT2D eigenvalue weighted by molar-refractivity contribution is 5.85. The number of hydrogen-bond donors (Lipinski definition) is 1. The van der Waals surface area contributed by atoms with Gasteiger partial charge >= 0.3 is 0 Å². The molecular weight excluding hydrogens is 376 g/mol. The van der Waals surface area contributed by atoms with Gasteiger partial charge in [0.2, 0.25) is 0 Å². The van der Waals surface area contributed by atoms with Crippen LogP contribution < -0.4 is 5.56 Å². The minimum Gasteiger partial charge on any atom is -0.361 e. The molecule has 0 amide bonds. The van der Waals surface area contributed by atoms with Gasteiger partial charge in [-0.1, -0.05) is 12.1 Å². The highest BCUT2D eigenvalue weighted by Crippen LogP contribution is 2.22. The number of ketones is 1. The average Bonchev–Trinajstić information content (AvgIpc) is 3.14. The molecule has 0 radical (unpaired) electrons. The van der Waals surface area contributed by atoms with Gasteiger partial charge in [-0.3, -0.25) is 9.59 Å². The van der Waals surface area contributed by atoms with Crippen LogP contribution in [0.4, 0.5) is 8.78 Å². The molecule has 0 aliphatic heterocycles. The zero-order valence-corrected chi connectivity index (χ0v) is 15.5.